The van der Waals surface area contributed by atoms with Crippen molar-refractivity contribution < 1.29 is 0 Å². The first-order valence-electron chi connectivity index (χ1n) is 3.91. The third-order valence-electron chi connectivity index (χ3n) is 1.75. The SMILES string of the molecule is N/C=C/Cc1ncnc2nc[nH]c12. The van der Waals surface area contributed by atoms with Crippen molar-refractivity contribution in [1.29, 1.82) is 0 Å². The fourth-order valence-electron chi connectivity index (χ4n) is 1.15. The molecule has 3 N–H and O–H groups in total. The van der Waals surface area contributed by atoms with Gasteiger partial charge in [-0.3, -0.25) is 0 Å². The molecule has 5 nitrogen and oxygen atoms in total. The van der Waals surface area contributed by atoms with Gasteiger partial charge in [-0.05, 0) is 6.20 Å². The van der Waals surface area contributed by atoms with E-state index in [9.17, 15) is 0 Å². The quantitative estimate of drug-likeness (QED) is 0.690. The number of hydrogen-bond acceptors (Lipinski definition) is 4. The van der Waals surface area contributed by atoms with Gasteiger partial charge in [0.2, 0.25) is 0 Å². The Morgan fingerprint density at radius 2 is 2.31 bits per heavy atom. The molecule has 66 valence electrons. The fraction of sp³-hybridized carbons (Fsp3) is 0.125. The molecule has 2 heterocycles. The van der Waals surface area contributed by atoms with E-state index >= 15 is 0 Å². The lowest BCUT2D eigenvalue weighted by Crippen LogP contribution is -1.92. The van der Waals surface area contributed by atoms with Gasteiger partial charge < -0.3 is 10.7 Å². The molecule has 0 radical (unpaired) electrons. The van der Waals surface area contributed by atoms with Gasteiger partial charge in [0.1, 0.15) is 11.8 Å². The van der Waals surface area contributed by atoms with Crippen molar-refractivity contribution in [2.75, 3.05) is 0 Å². The Morgan fingerprint density at radius 3 is 3.15 bits per heavy atom. The number of rotatable bonds is 2. The molecule has 0 saturated carbocycles. The van der Waals surface area contributed by atoms with Gasteiger partial charge in [0.05, 0.1) is 12.0 Å². The molecule has 0 saturated heterocycles. The molecule has 0 amide bonds. The molecule has 0 atom stereocenters. The Kier molecular flexibility index (Phi) is 1.91. The largest absolute Gasteiger partial charge is 0.405 e. The van der Waals surface area contributed by atoms with Crippen molar-refractivity contribution >= 4 is 11.2 Å². The molecule has 0 aromatic carbocycles. The van der Waals surface area contributed by atoms with E-state index in [0.29, 0.717) is 12.1 Å². The van der Waals surface area contributed by atoms with Crippen LogP contribution >= 0.6 is 0 Å². The Bertz CT molecular complexity index is 431. The highest BCUT2D eigenvalue weighted by Crippen LogP contribution is 2.09. The summed E-state index contributed by atoms with van der Waals surface area (Å²) in [6.07, 6.45) is 7.14. The van der Waals surface area contributed by atoms with Gasteiger partial charge in [0.25, 0.3) is 0 Å². The minimum atomic E-state index is 0.690. The van der Waals surface area contributed by atoms with Crippen LogP contribution in [-0.2, 0) is 6.42 Å². The molecule has 0 aliphatic rings. The van der Waals surface area contributed by atoms with Gasteiger partial charge in [-0.25, -0.2) is 15.0 Å². The summed E-state index contributed by atoms with van der Waals surface area (Å²) in [7, 11) is 0. The molecule has 5 heteroatoms. The lowest BCUT2D eigenvalue weighted by molar-refractivity contribution is 1.08. The van der Waals surface area contributed by atoms with Gasteiger partial charge in [-0.1, -0.05) is 6.08 Å². The van der Waals surface area contributed by atoms with Crippen LogP contribution in [0, 0.1) is 0 Å². The molecule has 2 aromatic heterocycles. The van der Waals surface area contributed by atoms with E-state index in [1.165, 1.54) is 12.5 Å². The number of hydrogen-bond donors (Lipinski definition) is 2. The summed E-state index contributed by atoms with van der Waals surface area (Å²) in [6.45, 7) is 0. The van der Waals surface area contributed by atoms with Gasteiger partial charge in [-0.2, -0.15) is 0 Å². The topological polar surface area (TPSA) is 80.5 Å². The first-order valence-corrected chi connectivity index (χ1v) is 3.91. The predicted octanol–water partition coefficient (Wildman–Crippen LogP) is 0.368. The first kappa shape index (κ1) is 7.72. The molecule has 0 fully saturated rings. The fourth-order valence-corrected chi connectivity index (χ4v) is 1.15. The summed E-state index contributed by atoms with van der Waals surface area (Å²) in [4.78, 5) is 15.1. The van der Waals surface area contributed by atoms with Crippen LogP contribution in [0.15, 0.2) is 24.9 Å². The van der Waals surface area contributed by atoms with Crippen LogP contribution in [0.2, 0.25) is 0 Å². The third-order valence-corrected chi connectivity index (χ3v) is 1.75. The zero-order valence-electron chi connectivity index (χ0n) is 6.94. The second kappa shape index (κ2) is 3.22. The first-order chi connectivity index (χ1) is 6.42. The molecule has 0 bridgehead atoms. The second-order valence-electron chi connectivity index (χ2n) is 2.55. The standard InChI is InChI=1S/C8H9N5/c9-3-1-2-6-7-8(12-4-10-6)13-5-11-7/h1,3-5H,2,9H2,(H,10,11,12,13)/b3-1+. The molecule has 2 aromatic rings. The molecular formula is C8H9N5. The Morgan fingerprint density at radius 1 is 1.38 bits per heavy atom. The number of aromatic nitrogens is 4. The predicted molar refractivity (Wildman–Crippen MR) is 48.7 cm³/mol. The number of fused-ring (bicyclic) bond motifs is 1. The van der Waals surface area contributed by atoms with Crippen molar-refractivity contribution in [2.45, 2.75) is 6.42 Å². The molecule has 2 rings (SSSR count). The van der Waals surface area contributed by atoms with Crippen LogP contribution in [0.3, 0.4) is 0 Å². The van der Waals surface area contributed by atoms with Crippen molar-refractivity contribution in [1.82, 2.24) is 19.9 Å². The summed E-state index contributed by atoms with van der Waals surface area (Å²) in [6, 6.07) is 0. The zero-order valence-corrected chi connectivity index (χ0v) is 6.94. The molecule has 0 spiro atoms. The molecular weight excluding hydrogens is 166 g/mol. The summed E-state index contributed by atoms with van der Waals surface area (Å²) in [5.41, 5.74) is 7.72. The van der Waals surface area contributed by atoms with E-state index in [0.717, 1.165) is 11.2 Å². The van der Waals surface area contributed by atoms with Crippen LogP contribution in [-0.4, -0.2) is 19.9 Å². The van der Waals surface area contributed by atoms with Gasteiger partial charge in [0, 0.05) is 6.42 Å². The minimum absolute atomic E-state index is 0.690. The maximum Gasteiger partial charge on any atom is 0.180 e. The van der Waals surface area contributed by atoms with Gasteiger partial charge >= 0.3 is 0 Å². The highest BCUT2D eigenvalue weighted by Gasteiger charge is 2.02. The second-order valence-corrected chi connectivity index (χ2v) is 2.55. The number of aromatic amines is 1. The smallest absolute Gasteiger partial charge is 0.180 e. The summed E-state index contributed by atoms with van der Waals surface area (Å²) >= 11 is 0. The Hall–Kier alpha value is -1.91. The highest BCUT2D eigenvalue weighted by molar-refractivity contribution is 5.72. The van der Waals surface area contributed by atoms with Crippen LogP contribution in [0.4, 0.5) is 0 Å². The highest BCUT2D eigenvalue weighted by atomic mass is 15.0. The van der Waals surface area contributed by atoms with Crippen LogP contribution in [0.1, 0.15) is 5.69 Å². The maximum atomic E-state index is 5.25. The number of H-pyrrole nitrogens is 1. The Labute approximate surface area is 74.7 Å². The number of nitrogens with one attached hydrogen (secondary N) is 1. The average molecular weight is 175 g/mol. The van der Waals surface area contributed by atoms with E-state index in [-0.39, 0.29) is 0 Å². The summed E-state index contributed by atoms with van der Waals surface area (Å²) in [5, 5.41) is 0. The van der Waals surface area contributed by atoms with E-state index in [2.05, 4.69) is 19.9 Å². The normalized spacial score (nSPS) is 11.4. The van der Waals surface area contributed by atoms with E-state index in [4.69, 9.17) is 5.73 Å². The van der Waals surface area contributed by atoms with Crippen molar-refractivity contribution in [3.63, 3.8) is 0 Å². The van der Waals surface area contributed by atoms with Crippen molar-refractivity contribution in [3.05, 3.63) is 30.6 Å². The van der Waals surface area contributed by atoms with Crippen molar-refractivity contribution in [3.8, 4) is 0 Å². The Balaban J connectivity index is 2.48. The minimum Gasteiger partial charge on any atom is -0.405 e. The molecule has 0 aliphatic carbocycles. The number of nitrogens with two attached hydrogens (primary N) is 1. The number of imidazole rings is 1. The van der Waals surface area contributed by atoms with E-state index in [1.807, 2.05) is 6.08 Å². The summed E-state index contributed by atoms with van der Waals surface area (Å²) < 4.78 is 0. The van der Waals surface area contributed by atoms with Crippen molar-refractivity contribution in [2.24, 2.45) is 5.73 Å². The molecule has 0 unspecified atom stereocenters. The zero-order chi connectivity index (χ0) is 9.10. The number of nitrogens with zero attached hydrogens (tertiary/aromatic N) is 3. The van der Waals surface area contributed by atoms with Crippen LogP contribution < -0.4 is 5.73 Å². The van der Waals surface area contributed by atoms with E-state index < -0.39 is 0 Å². The molecule has 0 aliphatic heterocycles. The molecule has 13 heavy (non-hydrogen) atoms. The average Bonchev–Trinajstić information content (AvgIpc) is 2.62. The maximum absolute atomic E-state index is 5.25. The lowest BCUT2D eigenvalue weighted by atomic mass is 10.2. The van der Waals surface area contributed by atoms with Gasteiger partial charge in [-0.15, -0.1) is 0 Å². The van der Waals surface area contributed by atoms with Crippen LogP contribution in [0.5, 0.6) is 0 Å². The van der Waals surface area contributed by atoms with Crippen LogP contribution in [0.25, 0.3) is 11.2 Å². The third kappa shape index (κ3) is 1.35. The lowest BCUT2D eigenvalue weighted by Gasteiger charge is -1.95. The monoisotopic (exact) mass is 175 g/mol. The van der Waals surface area contributed by atoms with Gasteiger partial charge in [0.15, 0.2) is 5.65 Å². The van der Waals surface area contributed by atoms with E-state index in [1.54, 1.807) is 6.33 Å². The summed E-state index contributed by atoms with van der Waals surface area (Å²) in [5.74, 6) is 0. The number of allylic oxidation sites excluding steroid dienone is 1.